The van der Waals surface area contributed by atoms with E-state index in [4.69, 9.17) is 4.74 Å². The Morgan fingerprint density at radius 1 is 1.03 bits per heavy atom. The summed E-state index contributed by atoms with van der Waals surface area (Å²) in [5.41, 5.74) is 4.32. The molecule has 0 spiro atoms. The normalized spacial score (nSPS) is 12.0. The Morgan fingerprint density at radius 2 is 1.86 bits per heavy atom. The number of fused-ring (bicyclic) bond motifs is 1. The molecule has 0 saturated carbocycles. The number of methoxy groups -OCH3 is 1. The lowest BCUT2D eigenvalue weighted by Crippen LogP contribution is -2.19. The molecule has 0 aliphatic rings. The first-order valence-corrected chi connectivity index (χ1v) is 9.53. The summed E-state index contributed by atoms with van der Waals surface area (Å²) < 4.78 is 5.42. The molecule has 2 aromatic heterocycles. The zero-order valence-electron chi connectivity index (χ0n) is 16.7. The van der Waals surface area contributed by atoms with Crippen molar-refractivity contribution in [2.45, 2.75) is 19.9 Å². The van der Waals surface area contributed by atoms with Crippen LogP contribution < -0.4 is 15.0 Å². The summed E-state index contributed by atoms with van der Waals surface area (Å²) in [6.07, 6.45) is 1.89. The van der Waals surface area contributed by atoms with E-state index in [1.807, 2.05) is 80.7 Å². The van der Waals surface area contributed by atoms with Gasteiger partial charge in [0.05, 0.1) is 13.3 Å². The first-order chi connectivity index (χ1) is 14.0. The molecule has 3 N–H and O–H groups in total. The van der Waals surface area contributed by atoms with Crippen LogP contribution in [0.4, 0.5) is 5.82 Å². The van der Waals surface area contributed by atoms with E-state index in [0.29, 0.717) is 5.52 Å². The Hall–Kier alpha value is -3.60. The third-order valence-corrected chi connectivity index (χ3v) is 5.00. The molecule has 4 aromatic rings. The van der Waals surface area contributed by atoms with Crippen molar-refractivity contribution in [2.75, 3.05) is 12.4 Å². The summed E-state index contributed by atoms with van der Waals surface area (Å²) in [5, 5.41) is 15.6. The zero-order valence-corrected chi connectivity index (χ0v) is 16.7. The van der Waals surface area contributed by atoms with Crippen molar-refractivity contribution in [3.8, 4) is 11.5 Å². The number of hydrogen-bond acceptors (Lipinski definition) is 4. The first kappa shape index (κ1) is 18.7. The van der Waals surface area contributed by atoms with Gasteiger partial charge in [0.15, 0.2) is 0 Å². The molecular weight excluding hydrogens is 362 g/mol. The van der Waals surface area contributed by atoms with Gasteiger partial charge >= 0.3 is 0 Å². The smallest absolute Gasteiger partial charge is 0.273 e. The average Bonchev–Trinajstić information content (AvgIpc) is 2.73. The van der Waals surface area contributed by atoms with Crippen molar-refractivity contribution >= 4 is 16.7 Å². The monoisotopic (exact) mass is 386 g/mol. The summed E-state index contributed by atoms with van der Waals surface area (Å²) in [6, 6.07) is 19.4. The number of anilines is 1. The van der Waals surface area contributed by atoms with Gasteiger partial charge in [-0.15, -0.1) is 0 Å². The minimum Gasteiger partial charge on any atom is -0.505 e. The number of aryl methyl sites for hydroxylation is 2. The number of hydrogen-bond donors (Lipinski definition) is 2. The highest BCUT2D eigenvalue weighted by Crippen LogP contribution is 2.37. The van der Waals surface area contributed by atoms with Gasteiger partial charge < -0.3 is 9.84 Å². The number of phenols is 1. The van der Waals surface area contributed by atoms with Gasteiger partial charge in [0.25, 0.3) is 5.82 Å². The highest BCUT2D eigenvalue weighted by atomic mass is 16.5. The minimum absolute atomic E-state index is 0.180. The molecular formula is C24H24N3O2+. The van der Waals surface area contributed by atoms with Crippen molar-refractivity contribution in [3.05, 3.63) is 89.2 Å². The van der Waals surface area contributed by atoms with Gasteiger partial charge in [-0.1, -0.05) is 24.3 Å². The van der Waals surface area contributed by atoms with Crippen molar-refractivity contribution < 1.29 is 14.8 Å². The number of aromatic hydroxyl groups is 1. The molecule has 0 bridgehead atoms. The second kappa shape index (κ2) is 7.80. The number of aromatic amines is 1. The Labute approximate surface area is 170 Å². The van der Waals surface area contributed by atoms with Crippen molar-refractivity contribution in [1.29, 1.82) is 0 Å². The third-order valence-electron chi connectivity index (χ3n) is 5.00. The van der Waals surface area contributed by atoms with Gasteiger partial charge in [-0.05, 0) is 49.7 Å². The average molecular weight is 386 g/mol. The minimum atomic E-state index is -0.296. The van der Waals surface area contributed by atoms with Gasteiger partial charge in [0.1, 0.15) is 23.1 Å². The molecule has 0 unspecified atom stereocenters. The second-order valence-corrected chi connectivity index (χ2v) is 7.16. The van der Waals surface area contributed by atoms with Crippen LogP contribution in [0.5, 0.6) is 11.5 Å². The SMILES string of the molecule is COc1cccc([C@H](Nc2cc(C)cc[nH+]2)c2ccc3ccc(C)nc3c2O)c1. The van der Waals surface area contributed by atoms with E-state index in [2.05, 4.69) is 15.3 Å². The standard InChI is InChI=1S/C24H23N3O2/c1-15-11-12-25-21(13-15)27-22(18-5-4-6-19(14-18)29-3)20-10-9-17-8-7-16(2)26-23(17)24(20)28/h4-14,22,28H,1-3H3,(H,25,27)/p+1/t22-/m0/s1. The predicted molar refractivity (Wildman–Crippen MR) is 114 cm³/mol. The lowest BCUT2D eigenvalue weighted by Gasteiger charge is -2.18. The topological polar surface area (TPSA) is 68.5 Å². The van der Waals surface area contributed by atoms with Crippen LogP contribution in [0.25, 0.3) is 10.9 Å². The maximum absolute atomic E-state index is 11.1. The van der Waals surface area contributed by atoms with Crippen LogP contribution in [0.15, 0.2) is 66.9 Å². The summed E-state index contributed by atoms with van der Waals surface area (Å²) in [4.78, 5) is 7.79. The van der Waals surface area contributed by atoms with E-state index < -0.39 is 0 Å². The maximum atomic E-state index is 11.1. The molecule has 0 fully saturated rings. The summed E-state index contributed by atoms with van der Waals surface area (Å²) in [5.74, 6) is 1.80. The number of aromatic nitrogens is 2. The summed E-state index contributed by atoms with van der Waals surface area (Å²) >= 11 is 0. The van der Waals surface area contributed by atoms with Crippen LogP contribution in [-0.2, 0) is 0 Å². The van der Waals surface area contributed by atoms with Crippen LogP contribution >= 0.6 is 0 Å². The predicted octanol–water partition coefficient (Wildman–Crippen LogP) is 4.58. The van der Waals surface area contributed by atoms with Crippen LogP contribution in [0.3, 0.4) is 0 Å². The van der Waals surface area contributed by atoms with E-state index in [0.717, 1.165) is 39.3 Å². The van der Waals surface area contributed by atoms with Gasteiger partial charge in [-0.2, -0.15) is 0 Å². The number of nitrogens with zero attached hydrogens (tertiary/aromatic N) is 1. The molecule has 0 saturated heterocycles. The molecule has 0 amide bonds. The Morgan fingerprint density at radius 3 is 2.66 bits per heavy atom. The van der Waals surface area contributed by atoms with E-state index >= 15 is 0 Å². The molecule has 5 heteroatoms. The highest BCUT2D eigenvalue weighted by Gasteiger charge is 2.25. The molecule has 0 radical (unpaired) electrons. The van der Waals surface area contributed by atoms with Crippen LogP contribution in [0.1, 0.15) is 28.4 Å². The molecule has 0 aliphatic carbocycles. The summed E-state index contributed by atoms with van der Waals surface area (Å²) in [6.45, 7) is 3.96. The molecule has 146 valence electrons. The van der Waals surface area contributed by atoms with Gasteiger partial charge in [0.2, 0.25) is 0 Å². The van der Waals surface area contributed by atoms with Gasteiger partial charge in [-0.3, -0.25) is 5.32 Å². The molecule has 1 atom stereocenters. The quantitative estimate of drug-likeness (QED) is 0.527. The van der Waals surface area contributed by atoms with Crippen molar-refractivity contribution in [2.24, 2.45) is 0 Å². The molecule has 29 heavy (non-hydrogen) atoms. The lowest BCUT2D eigenvalue weighted by atomic mass is 9.96. The second-order valence-electron chi connectivity index (χ2n) is 7.16. The number of H-pyrrole nitrogens is 1. The molecule has 2 heterocycles. The first-order valence-electron chi connectivity index (χ1n) is 9.53. The number of rotatable bonds is 5. The largest absolute Gasteiger partial charge is 0.505 e. The third kappa shape index (κ3) is 3.85. The fourth-order valence-corrected chi connectivity index (χ4v) is 3.50. The molecule has 0 aliphatic heterocycles. The number of ether oxygens (including phenoxy) is 1. The fourth-order valence-electron chi connectivity index (χ4n) is 3.50. The van der Waals surface area contributed by atoms with E-state index in [9.17, 15) is 5.11 Å². The number of pyridine rings is 2. The van der Waals surface area contributed by atoms with Gasteiger partial charge in [-0.25, -0.2) is 9.97 Å². The maximum Gasteiger partial charge on any atom is 0.273 e. The zero-order chi connectivity index (χ0) is 20.4. The van der Waals surface area contributed by atoms with Crippen LogP contribution in [0.2, 0.25) is 0 Å². The van der Waals surface area contributed by atoms with E-state index in [-0.39, 0.29) is 11.8 Å². The molecule has 4 rings (SSSR count). The number of nitrogens with one attached hydrogen (secondary N) is 2. The van der Waals surface area contributed by atoms with Crippen LogP contribution in [-0.4, -0.2) is 17.2 Å². The van der Waals surface area contributed by atoms with E-state index in [1.165, 1.54) is 0 Å². The van der Waals surface area contributed by atoms with Gasteiger partial charge in [0, 0.05) is 28.3 Å². The Kier molecular flexibility index (Phi) is 5.04. The van der Waals surface area contributed by atoms with Crippen LogP contribution in [0, 0.1) is 13.8 Å². The van der Waals surface area contributed by atoms with Crippen molar-refractivity contribution in [1.82, 2.24) is 4.98 Å². The Balaban J connectivity index is 1.87. The van der Waals surface area contributed by atoms with Crippen molar-refractivity contribution in [3.63, 3.8) is 0 Å². The number of benzene rings is 2. The molecule has 5 nitrogen and oxygen atoms in total. The Bertz CT molecular complexity index is 1170. The fraction of sp³-hybridized carbons (Fsp3) is 0.167. The number of phenolic OH excluding ortho intramolecular Hbond substituents is 1. The summed E-state index contributed by atoms with van der Waals surface area (Å²) in [7, 11) is 1.65. The highest BCUT2D eigenvalue weighted by molar-refractivity contribution is 5.86. The molecule has 2 aromatic carbocycles. The lowest BCUT2D eigenvalue weighted by molar-refractivity contribution is -0.361. The van der Waals surface area contributed by atoms with E-state index in [1.54, 1.807) is 7.11 Å².